The van der Waals surface area contributed by atoms with Gasteiger partial charge in [0.1, 0.15) is 0 Å². The molecule has 0 saturated heterocycles. The molecule has 0 heterocycles. The third-order valence-electron chi connectivity index (χ3n) is 13.1. The quantitative estimate of drug-likeness (QED) is 0.138. The van der Waals surface area contributed by atoms with Crippen LogP contribution in [0.3, 0.4) is 0 Å². The summed E-state index contributed by atoms with van der Waals surface area (Å²) in [6.45, 7) is 0. The molecule has 0 spiro atoms. The van der Waals surface area contributed by atoms with E-state index in [4.69, 9.17) is 0 Å². The Kier molecular flexibility index (Phi) is 9.58. The summed E-state index contributed by atoms with van der Waals surface area (Å²) in [5.41, 5.74) is 15.5. The van der Waals surface area contributed by atoms with Gasteiger partial charge in [0.2, 0.25) is 0 Å². The van der Waals surface area contributed by atoms with Gasteiger partial charge in [0.15, 0.2) is 0 Å². The van der Waals surface area contributed by atoms with Crippen LogP contribution in [0.2, 0.25) is 0 Å². The van der Waals surface area contributed by atoms with Crippen LogP contribution < -0.4 is 4.90 Å². The minimum absolute atomic E-state index is 1.09. The number of anilines is 3. The zero-order chi connectivity index (χ0) is 43.1. The van der Waals surface area contributed by atoms with Gasteiger partial charge < -0.3 is 4.90 Å². The molecule has 0 aromatic heterocycles. The Morgan fingerprint density at radius 2 is 0.662 bits per heavy atom. The Morgan fingerprint density at radius 3 is 1.32 bits per heavy atom. The van der Waals surface area contributed by atoms with E-state index in [1.54, 1.807) is 0 Å². The highest BCUT2D eigenvalue weighted by Gasteiger charge is 2.20. The van der Waals surface area contributed by atoms with Gasteiger partial charge in [-0.2, -0.15) is 0 Å². The smallest absolute Gasteiger partial charge is 0.0540 e. The number of fused-ring (bicyclic) bond motifs is 5. The summed E-state index contributed by atoms with van der Waals surface area (Å²) < 4.78 is 0. The fourth-order valence-electron chi connectivity index (χ4n) is 10.0. The van der Waals surface area contributed by atoms with Crippen molar-refractivity contribution in [2.45, 2.75) is 0 Å². The minimum atomic E-state index is 1.09. The molecular weight excluding hydrogens is 783 g/mol. The molecule has 0 aliphatic carbocycles. The summed E-state index contributed by atoms with van der Waals surface area (Å²) >= 11 is 0. The van der Waals surface area contributed by atoms with Crippen LogP contribution in [0.1, 0.15) is 0 Å². The van der Waals surface area contributed by atoms with Crippen LogP contribution in [0.15, 0.2) is 261 Å². The molecule has 0 aliphatic rings. The maximum atomic E-state index is 2.42. The summed E-state index contributed by atoms with van der Waals surface area (Å²) in [6.07, 6.45) is 0. The SMILES string of the molecule is c1ccc(-c2ccc(N(c3ccc(-c4ccc5c(c4)c(-c4ccccc4)c(-c4ccccc4)c4ccccc45)cc3)c3ccc(-c4cccc5ccccc45)cc3)c3ccccc23)cc1. The molecular formula is C64H43N. The van der Waals surface area contributed by atoms with Crippen molar-refractivity contribution in [3.05, 3.63) is 261 Å². The molecule has 0 atom stereocenters. The summed E-state index contributed by atoms with van der Waals surface area (Å²) in [4.78, 5) is 2.42. The van der Waals surface area contributed by atoms with Crippen molar-refractivity contribution < 1.29 is 0 Å². The Bertz CT molecular complexity index is 3660. The summed E-state index contributed by atoms with van der Waals surface area (Å²) in [5, 5.41) is 9.93. The summed E-state index contributed by atoms with van der Waals surface area (Å²) in [7, 11) is 0. The topological polar surface area (TPSA) is 3.24 Å². The second-order valence-electron chi connectivity index (χ2n) is 16.8. The first-order valence-electron chi connectivity index (χ1n) is 22.4. The summed E-state index contributed by atoms with van der Waals surface area (Å²) in [6, 6.07) is 95.2. The van der Waals surface area contributed by atoms with Gasteiger partial charge >= 0.3 is 0 Å². The van der Waals surface area contributed by atoms with E-state index in [-0.39, 0.29) is 0 Å². The molecule has 1 nitrogen and oxygen atoms in total. The van der Waals surface area contributed by atoms with Crippen molar-refractivity contribution in [1.82, 2.24) is 0 Å². The Labute approximate surface area is 379 Å². The predicted octanol–water partition coefficient (Wildman–Crippen LogP) is 18.1. The molecule has 65 heavy (non-hydrogen) atoms. The largest absolute Gasteiger partial charge is 0.310 e. The number of hydrogen-bond donors (Lipinski definition) is 0. The van der Waals surface area contributed by atoms with E-state index in [0.717, 1.165) is 17.1 Å². The monoisotopic (exact) mass is 825 g/mol. The maximum absolute atomic E-state index is 2.42. The molecule has 0 N–H and O–H groups in total. The molecule has 0 radical (unpaired) electrons. The summed E-state index contributed by atoms with van der Waals surface area (Å²) in [5.74, 6) is 0. The van der Waals surface area contributed by atoms with Crippen molar-refractivity contribution in [2.24, 2.45) is 0 Å². The minimum Gasteiger partial charge on any atom is -0.310 e. The number of rotatable bonds is 8. The second-order valence-corrected chi connectivity index (χ2v) is 16.8. The first-order chi connectivity index (χ1) is 32.3. The molecule has 1 heteroatoms. The van der Waals surface area contributed by atoms with Crippen LogP contribution in [0, 0.1) is 0 Å². The third-order valence-corrected chi connectivity index (χ3v) is 13.1. The van der Waals surface area contributed by atoms with E-state index >= 15 is 0 Å². The van der Waals surface area contributed by atoms with E-state index in [1.807, 2.05) is 0 Å². The van der Waals surface area contributed by atoms with E-state index < -0.39 is 0 Å². The van der Waals surface area contributed by atoms with Gasteiger partial charge in [-0.05, 0) is 130 Å². The van der Waals surface area contributed by atoms with Gasteiger partial charge in [-0.1, -0.05) is 224 Å². The number of benzene rings is 12. The van der Waals surface area contributed by atoms with Crippen LogP contribution in [0.25, 0.3) is 98.7 Å². The Balaban J connectivity index is 1.01. The molecule has 0 amide bonds. The molecule has 0 aliphatic heterocycles. The van der Waals surface area contributed by atoms with Gasteiger partial charge in [-0.25, -0.2) is 0 Å². The van der Waals surface area contributed by atoms with Crippen molar-refractivity contribution in [1.29, 1.82) is 0 Å². The fraction of sp³-hybridized carbons (Fsp3) is 0. The molecule has 304 valence electrons. The highest BCUT2D eigenvalue weighted by atomic mass is 15.1. The lowest BCUT2D eigenvalue weighted by Crippen LogP contribution is -2.10. The molecule has 12 aromatic carbocycles. The second kappa shape index (κ2) is 16.3. The van der Waals surface area contributed by atoms with Crippen LogP contribution in [0.4, 0.5) is 17.1 Å². The lowest BCUT2D eigenvalue weighted by atomic mass is 9.84. The van der Waals surface area contributed by atoms with Gasteiger partial charge in [-0.15, -0.1) is 0 Å². The standard InChI is InChI=1S/C64H43N/c1-4-17-45(18-5-1)55-41-42-62(59-28-14-12-26-56(55)59)65(52-38-33-47(34-39-52)54-30-16-24-46-19-10-11-25-53(46)54)51-36-31-44(32-37-51)50-35-40-58-57-27-13-15-29-60(57)63(48-20-6-2-7-21-48)64(61(58)43-50)49-22-8-3-9-23-49/h1-43H. The van der Waals surface area contributed by atoms with E-state index in [9.17, 15) is 0 Å². The Morgan fingerprint density at radius 1 is 0.215 bits per heavy atom. The average molecular weight is 826 g/mol. The van der Waals surface area contributed by atoms with Crippen LogP contribution >= 0.6 is 0 Å². The van der Waals surface area contributed by atoms with Gasteiger partial charge in [0.05, 0.1) is 5.69 Å². The van der Waals surface area contributed by atoms with Crippen molar-refractivity contribution in [3.63, 3.8) is 0 Å². The van der Waals surface area contributed by atoms with Gasteiger partial charge in [-0.3, -0.25) is 0 Å². The average Bonchev–Trinajstić information content (AvgIpc) is 3.39. The first-order valence-corrected chi connectivity index (χ1v) is 22.4. The third kappa shape index (κ3) is 6.82. The van der Waals surface area contributed by atoms with Crippen molar-refractivity contribution >= 4 is 60.2 Å². The number of hydrogen-bond acceptors (Lipinski definition) is 1. The highest BCUT2D eigenvalue weighted by molar-refractivity contribution is 6.22. The maximum Gasteiger partial charge on any atom is 0.0540 e. The fourth-order valence-corrected chi connectivity index (χ4v) is 10.0. The van der Waals surface area contributed by atoms with Gasteiger partial charge in [0, 0.05) is 16.8 Å². The zero-order valence-electron chi connectivity index (χ0n) is 35.8. The lowest BCUT2D eigenvalue weighted by molar-refractivity contribution is 1.30. The van der Waals surface area contributed by atoms with Crippen LogP contribution in [0.5, 0.6) is 0 Å². The van der Waals surface area contributed by atoms with Crippen LogP contribution in [-0.2, 0) is 0 Å². The van der Waals surface area contributed by atoms with E-state index in [2.05, 4.69) is 266 Å². The van der Waals surface area contributed by atoms with Crippen LogP contribution in [-0.4, -0.2) is 0 Å². The van der Waals surface area contributed by atoms with Gasteiger partial charge in [0.25, 0.3) is 0 Å². The van der Waals surface area contributed by atoms with E-state index in [1.165, 1.54) is 98.7 Å². The zero-order valence-corrected chi connectivity index (χ0v) is 35.8. The molecule has 0 bridgehead atoms. The lowest BCUT2D eigenvalue weighted by Gasteiger charge is -2.28. The molecule has 0 unspecified atom stereocenters. The molecule has 0 saturated carbocycles. The number of nitrogens with zero attached hydrogens (tertiary/aromatic N) is 1. The predicted molar refractivity (Wildman–Crippen MR) is 278 cm³/mol. The highest BCUT2D eigenvalue weighted by Crippen LogP contribution is 2.47. The molecule has 12 rings (SSSR count). The van der Waals surface area contributed by atoms with E-state index in [0.29, 0.717) is 0 Å². The first kappa shape index (κ1) is 38.2. The Hall–Kier alpha value is -8.52. The molecule has 0 fully saturated rings. The normalized spacial score (nSPS) is 11.4. The van der Waals surface area contributed by atoms with Crippen molar-refractivity contribution in [3.8, 4) is 55.6 Å². The van der Waals surface area contributed by atoms with Crippen molar-refractivity contribution in [2.75, 3.05) is 4.90 Å². The molecule has 12 aromatic rings.